The van der Waals surface area contributed by atoms with Gasteiger partial charge in [-0.2, -0.15) is 0 Å². The molecule has 0 atom stereocenters. The molecule has 318 valence electrons. The predicted molar refractivity (Wildman–Crippen MR) is 277 cm³/mol. The first-order valence-corrected chi connectivity index (χ1v) is 23.1. The Morgan fingerprint density at radius 3 is 1.32 bits per heavy atom. The first kappa shape index (κ1) is 39.4. The summed E-state index contributed by atoms with van der Waals surface area (Å²) in [4.78, 5) is 15.6. The van der Waals surface area contributed by atoms with Crippen LogP contribution in [0.4, 0.5) is 0 Å². The van der Waals surface area contributed by atoms with E-state index in [1.165, 1.54) is 33.4 Å². The van der Waals surface area contributed by atoms with Gasteiger partial charge in [0.1, 0.15) is 11.2 Å². The molecule has 13 rings (SSSR count). The number of benzene rings is 10. The summed E-state index contributed by atoms with van der Waals surface area (Å²) in [6.45, 7) is 0. The number of fused-ring (bicyclic) bond motifs is 6. The Kier molecular flexibility index (Phi) is 9.36. The second-order valence-electron chi connectivity index (χ2n) is 17.5. The monoisotopic (exact) mass is 867 g/mol. The molecule has 68 heavy (non-hydrogen) atoms. The van der Waals surface area contributed by atoms with Crippen LogP contribution in [0.15, 0.2) is 253 Å². The highest BCUT2D eigenvalue weighted by molar-refractivity contribution is 6.13. The molecule has 0 N–H and O–H groups in total. The highest BCUT2D eigenvalue weighted by Gasteiger charge is 2.46. The summed E-state index contributed by atoms with van der Waals surface area (Å²) in [5.41, 5.74) is 18.1. The van der Waals surface area contributed by atoms with Crippen molar-refractivity contribution < 1.29 is 4.42 Å². The SMILES string of the molecule is c1ccc(-c2ccc(-c3nc(-c4ccc(-c5ccccc5)cc4)nc(-c4cccc5oc6ccc(-c7ccc8c(c7)C(c7ccccc7)(c7ccccc7)c7ccccc7-8)cc6c45)n3)cc2)cc1. The van der Waals surface area contributed by atoms with E-state index >= 15 is 0 Å². The molecule has 0 saturated heterocycles. The molecule has 10 aromatic carbocycles. The van der Waals surface area contributed by atoms with Crippen molar-refractivity contribution in [2.75, 3.05) is 0 Å². The van der Waals surface area contributed by atoms with E-state index in [9.17, 15) is 0 Å². The molecule has 0 aliphatic heterocycles. The van der Waals surface area contributed by atoms with Crippen LogP contribution in [-0.4, -0.2) is 15.0 Å². The molecular weight excluding hydrogens is 827 g/mol. The molecule has 1 aliphatic carbocycles. The van der Waals surface area contributed by atoms with Gasteiger partial charge in [-0.3, -0.25) is 0 Å². The second-order valence-corrected chi connectivity index (χ2v) is 17.5. The summed E-state index contributed by atoms with van der Waals surface area (Å²) in [6.07, 6.45) is 0. The molecule has 0 unspecified atom stereocenters. The molecule has 2 heterocycles. The van der Waals surface area contributed by atoms with Crippen LogP contribution >= 0.6 is 0 Å². The highest BCUT2D eigenvalue weighted by Crippen LogP contribution is 2.57. The number of hydrogen-bond acceptors (Lipinski definition) is 4. The Hall–Kier alpha value is -8.99. The molecule has 0 spiro atoms. The lowest BCUT2D eigenvalue weighted by Crippen LogP contribution is -2.28. The zero-order valence-corrected chi connectivity index (χ0v) is 36.9. The maximum atomic E-state index is 6.64. The van der Waals surface area contributed by atoms with Crippen LogP contribution in [0.3, 0.4) is 0 Å². The zero-order chi connectivity index (χ0) is 45.0. The molecule has 0 radical (unpaired) electrons. The lowest BCUT2D eigenvalue weighted by atomic mass is 9.67. The summed E-state index contributed by atoms with van der Waals surface area (Å²) < 4.78 is 6.64. The van der Waals surface area contributed by atoms with E-state index in [4.69, 9.17) is 19.4 Å². The molecule has 0 amide bonds. The van der Waals surface area contributed by atoms with E-state index in [1.807, 2.05) is 24.3 Å². The summed E-state index contributed by atoms with van der Waals surface area (Å²) >= 11 is 0. The average molecular weight is 868 g/mol. The predicted octanol–water partition coefficient (Wildman–Crippen LogP) is 16.1. The molecule has 12 aromatic rings. The van der Waals surface area contributed by atoms with Crippen LogP contribution in [0, 0.1) is 0 Å². The maximum Gasteiger partial charge on any atom is 0.164 e. The fraction of sp³-hybridized carbons (Fsp3) is 0.0156. The Bertz CT molecular complexity index is 3670. The van der Waals surface area contributed by atoms with Crippen LogP contribution in [-0.2, 0) is 5.41 Å². The lowest BCUT2D eigenvalue weighted by molar-refractivity contribution is 0.669. The van der Waals surface area contributed by atoms with Crippen LogP contribution in [0.25, 0.3) is 101 Å². The first-order valence-electron chi connectivity index (χ1n) is 23.1. The molecule has 1 aliphatic rings. The van der Waals surface area contributed by atoms with Crippen LogP contribution in [0.2, 0.25) is 0 Å². The van der Waals surface area contributed by atoms with Gasteiger partial charge >= 0.3 is 0 Å². The molecule has 4 nitrogen and oxygen atoms in total. The molecule has 0 saturated carbocycles. The minimum atomic E-state index is -0.498. The van der Waals surface area contributed by atoms with Gasteiger partial charge in [-0.1, -0.05) is 224 Å². The van der Waals surface area contributed by atoms with Gasteiger partial charge in [0.15, 0.2) is 17.5 Å². The van der Waals surface area contributed by atoms with Crippen molar-refractivity contribution in [3.63, 3.8) is 0 Å². The Morgan fingerprint density at radius 2 is 0.721 bits per heavy atom. The topological polar surface area (TPSA) is 51.8 Å². The largest absolute Gasteiger partial charge is 0.456 e. The fourth-order valence-corrected chi connectivity index (χ4v) is 10.5. The van der Waals surface area contributed by atoms with Gasteiger partial charge in [-0.05, 0) is 91.0 Å². The molecule has 2 aromatic heterocycles. The zero-order valence-electron chi connectivity index (χ0n) is 36.9. The van der Waals surface area contributed by atoms with Gasteiger partial charge in [-0.25, -0.2) is 15.0 Å². The number of nitrogens with zero attached hydrogens (tertiary/aromatic N) is 3. The summed E-state index contributed by atoms with van der Waals surface area (Å²) in [5.74, 6) is 1.78. The van der Waals surface area contributed by atoms with Crippen molar-refractivity contribution >= 4 is 21.9 Å². The van der Waals surface area contributed by atoms with Crippen LogP contribution < -0.4 is 0 Å². The smallest absolute Gasteiger partial charge is 0.164 e. The van der Waals surface area contributed by atoms with E-state index in [-0.39, 0.29) is 0 Å². The third kappa shape index (κ3) is 6.49. The van der Waals surface area contributed by atoms with Gasteiger partial charge in [0.2, 0.25) is 0 Å². The summed E-state index contributed by atoms with van der Waals surface area (Å²) in [6, 6.07) is 88.3. The van der Waals surface area contributed by atoms with Gasteiger partial charge in [0.05, 0.1) is 5.41 Å². The van der Waals surface area contributed by atoms with Gasteiger partial charge < -0.3 is 4.42 Å². The third-order valence-electron chi connectivity index (χ3n) is 13.7. The Morgan fingerprint density at radius 1 is 0.279 bits per heavy atom. The minimum Gasteiger partial charge on any atom is -0.456 e. The Labute approximate surface area is 394 Å². The lowest BCUT2D eigenvalue weighted by Gasteiger charge is -2.34. The van der Waals surface area contributed by atoms with Gasteiger partial charge in [0.25, 0.3) is 0 Å². The number of aromatic nitrogens is 3. The molecule has 4 heteroatoms. The van der Waals surface area contributed by atoms with E-state index in [0.29, 0.717) is 17.5 Å². The fourth-order valence-electron chi connectivity index (χ4n) is 10.5. The van der Waals surface area contributed by atoms with Crippen molar-refractivity contribution in [1.82, 2.24) is 15.0 Å². The van der Waals surface area contributed by atoms with Crippen molar-refractivity contribution in [2.45, 2.75) is 5.41 Å². The van der Waals surface area contributed by atoms with E-state index in [0.717, 1.165) is 72.0 Å². The molecular formula is C64H41N3O. The minimum absolute atomic E-state index is 0.498. The first-order chi connectivity index (χ1) is 33.7. The van der Waals surface area contributed by atoms with Crippen molar-refractivity contribution in [3.05, 3.63) is 271 Å². The number of furan rings is 1. The van der Waals surface area contributed by atoms with Crippen LogP contribution in [0.5, 0.6) is 0 Å². The summed E-state index contributed by atoms with van der Waals surface area (Å²) in [7, 11) is 0. The Balaban J connectivity index is 0.968. The molecule has 0 bridgehead atoms. The third-order valence-corrected chi connectivity index (χ3v) is 13.7. The normalized spacial score (nSPS) is 12.5. The van der Waals surface area contributed by atoms with E-state index < -0.39 is 5.41 Å². The van der Waals surface area contributed by atoms with Gasteiger partial charge in [0, 0.05) is 27.5 Å². The standard InChI is InChI=1S/C64H41N3O/c1-5-16-42(17-6-1)44-28-32-46(33-29-44)61-65-62(47-34-30-45(31-35-47)43-18-7-2-8-19-43)67-63(66-61)54-25-15-27-59-60(54)55-40-48(37-39-58(55)68-59)49-36-38-53-52-24-13-14-26-56(52)64(57(53)41-49,50-20-9-3-10-21-50)51-22-11-4-12-23-51/h1-41H. The number of hydrogen-bond donors (Lipinski definition) is 0. The maximum absolute atomic E-state index is 6.64. The van der Waals surface area contributed by atoms with E-state index in [1.54, 1.807) is 0 Å². The van der Waals surface area contributed by atoms with E-state index in [2.05, 4.69) is 224 Å². The van der Waals surface area contributed by atoms with Crippen molar-refractivity contribution in [1.29, 1.82) is 0 Å². The number of rotatable bonds is 8. The van der Waals surface area contributed by atoms with Crippen molar-refractivity contribution in [3.8, 4) is 78.7 Å². The quantitative estimate of drug-likeness (QED) is 0.153. The average Bonchev–Trinajstić information content (AvgIpc) is 3.95. The highest BCUT2D eigenvalue weighted by atomic mass is 16.3. The second kappa shape index (κ2) is 16.2. The van der Waals surface area contributed by atoms with Crippen LogP contribution in [0.1, 0.15) is 22.3 Å². The molecule has 0 fully saturated rings. The van der Waals surface area contributed by atoms with Crippen molar-refractivity contribution in [2.24, 2.45) is 0 Å². The van der Waals surface area contributed by atoms with Gasteiger partial charge in [-0.15, -0.1) is 0 Å². The summed E-state index contributed by atoms with van der Waals surface area (Å²) in [5, 5.41) is 1.96.